The van der Waals surface area contributed by atoms with Gasteiger partial charge in [0.05, 0.1) is 11.0 Å². The van der Waals surface area contributed by atoms with Crippen LogP contribution in [0.5, 0.6) is 0 Å². The highest BCUT2D eigenvalue weighted by Gasteiger charge is 2.26. The summed E-state index contributed by atoms with van der Waals surface area (Å²) >= 11 is 0. The highest BCUT2D eigenvalue weighted by Crippen LogP contribution is 2.32. The highest BCUT2D eigenvalue weighted by molar-refractivity contribution is 7.89. The number of aromatic nitrogens is 2. The Bertz CT molecular complexity index is 1200. The van der Waals surface area contributed by atoms with Crippen molar-refractivity contribution < 1.29 is 13.5 Å². The molecule has 3 aromatic rings. The highest BCUT2D eigenvalue weighted by atomic mass is 32.2. The van der Waals surface area contributed by atoms with Gasteiger partial charge in [0.25, 0.3) is 0 Å². The molecule has 5 N–H and O–H groups in total. The van der Waals surface area contributed by atoms with E-state index < -0.39 is 16.1 Å². The first kappa shape index (κ1) is 21.5. The second-order valence-electron chi connectivity index (χ2n) is 8.33. The van der Waals surface area contributed by atoms with Crippen LogP contribution in [-0.2, 0) is 10.0 Å². The second-order valence-corrected chi connectivity index (χ2v) is 10.0. The lowest BCUT2D eigenvalue weighted by atomic mass is 9.94. The molecule has 2 heterocycles. The van der Waals surface area contributed by atoms with Crippen molar-refractivity contribution in [2.75, 3.05) is 5.73 Å². The third kappa shape index (κ3) is 4.66. The molecule has 0 amide bonds. The van der Waals surface area contributed by atoms with Gasteiger partial charge in [-0.25, -0.2) is 18.1 Å². The van der Waals surface area contributed by atoms with Gasteiger partial charge >= 0.3 is 0 Å². The van der Waals surface area contributed by atoms with E-state index in [2.05, 4.69) is 14.7 Å². The van der Waals surface area contributed by atoms with Gasteiger partial charge in [0.1, 0.15) is 5.82 Å². The molecular weight excluding hydrogens is 412 g/mol. The summed E-state index contributed by atoms with van der Waals surface area (Å²) in [6.45, 7) is 3.90. The monoisotopic (exact) mass is 440 g/mol. The second kappa shape index (κ2) is 8.45. The number of pyridine rings is 1. The van der Waals surface area contributed by atoms with Gasteiger partial charge in [0, 0.05) is 34.8 Å². The average molecular weight is 441 g/mol. The fourth-order valence-electron chi connectivity index (χ4n) is 4.14. The van der Waals surface area contributed by atoms with E-state index in [1.807, 2.05) is 32.0 Å². The molecule has 0 spiro atoms. The summed E-state index contributed by atoms with van der Waals surface area (Å²) in [7, 11) is -3.71. The zero-order chi connectivity index (χ0) is 22.2. The summed E-state index contributed by atoms with van der Waals surface area (Å²) in [4.78, 5) is 7.80. The van der Waals surface area contributed by atoms with E-state index in [0.717, 1.165) is 52.9 Å². The van der Waals surface area contributed by atoms with Crippen molar-refractivity contribution in [3.63, 3.8) is 0 Å². The molecule has 2 atom stereocenters. The molecule has 2 aromatic heterocycles. The topological polar surface area (TPSA) is 121 Å². The van der Waals surface area contributed by atoms with Crippen LogP contribution in [0.3, 0.4) is 0 Å². The minimum atomic E-state index is -3.71. The van der Waals surface area contributed by atoms with Gasteiger partial charge in [0.2, 0.25) is 10.0 Å². The summed E-state index contributed by atoms with van der Waals surface area (Å²) in [5.41, 5.74) is 11.3. The number of aliphatic hydroxyl groups excluding tert-OH is 1. The molecule has 1 aliphatic rings. The Hall–Kier alpha value is -2.68. The van der Waals surface area contributed by atoms with E-state index in [-0.39, 0.29) is 10.9 Å². The molecule has 31 heavy (non-hydrogen) atoms. The number of anilines is 1. The van der Waals surface area contributed by atoms with E-state index in [1.54, 1.807) is 24.4 Å². The number of H-pyrrole nitrogens is 1. The smallest absolute Gasteiger partial charge is 0.240 e. The molecule has 164 valence electrons. The predicted molar refractivity (Wildman–Crippen MR) is 122 cm³/mol. The van der Waals surface area contributed by atoms with Crippen molar-refractivity contribution in [3.05, 3.63) is 53.9 Å². The van der Waals surface area contributed by atoms with E-state index >= 15 is 0 Å². The number of aryl methyl sites for hydroxylation is 2. The number of hydrogen-bond donors (Lipinski definition) is 4. The molecule has 0 aliphatic heterocycles. The summed E-state index contributed by atoms with van der Waals surface area (Å²) in [5.74, 6) is 0.407. The van der Waals surface area contributed by atoms with Crippen molar-refractivity contribution in [1.82, 2.24) is 14.7 Å². The summed E-state index contributed by atoms with van der Waals surface area (Å²) in [6.07, 6.45) is 3.92. The molecule has 0 saturated heterocycles. The maximum Gasteiger partial charge on any atom is 0.240 e. The number of aromatic amines is 1. The molecule has 4 rings (SSSR count). The van der Waals surface area contributed by atoms with Gasteiger partial charge in [0.15, 0.2) is 0 Å². The van der Waals surface area contributed by atoms with Crippen LogP contribution in [0.4, 0.5) is 5.82 Å². The number of sulfonamides is 1. The van der Waals surface area contributed by atoms with E-state index in [9.17, 15) is 13.5 Å². The number of rotatable bonds is 5. The molecule has 1 fully saturated rings. The number of nitrogens with one attached hydrogen (secondary N) is 2. The molecule has 0 radical (unpaired) electrons. The summed E-state index contributed by atoms with van der Waals surface area (Å²) < 4.78 is 28.8. The fraction of sp³-hybridized carbons (Fsp3) is 0.348. The predicted octanol–water partition coefficient (Wildman–Crippen LogP) is 3.52. The van der Waals surface area contributed by atoms with Crippen LogP contribution in [-0.4, -0.2) is 35.6 Å². The van der Waals surface area contributed by atoms with Gasteiger partial charge in [-0.3, -0.25) is 0 Å². The Morgan fingerprint density at radius 3 is 2.65 bits per heavy atom. The lowest BCUT2D eigenvalue weighted by molar-refractivity contribution is 0.117. The van der Waals surface area contributed by atoms with Crippen LogP contribution in [0.2, 0.25) is 0 Å². The summed E-state index contributed by atoms with van der Waals surface area (Å²) in [5, 5.41) is 9.87. The molecule has 1 aliphatic carbocycles. The Morgan fingerprint density at radius 1 is 1.13 bits per heavy atom. The van der Waals surface area contributed by atoms with Gasteiger partial charge in [-0.05, 0) is 81.0 Å². The van der Waals surface area contributed by atoms with Crippen molar-refractivity contribution in [1.29, 1.82) is 0 Å². The molecule has 0 bridgehead atoms. The number of aliphatic hydroxyl groups is 1. The zero-order valence-electron chi connectivity index (χ0n) is 17.7. The van der Waals surface area contributed by atoms with E-state index in [1.165, 1.54) is 0 Å². The van der Waals surface area contributed by atoms with Crippen LogP contribution in [0.25, 0.3) is 22.4 Å². The van der Waals surface area contributed by atoms with Gasteiger partial charge in [-0.15, -0.1) is 0 Å². The van der Waals surface area contributed by atoms with Crippen LogP contribution in [0.1, 0.15) is 36.9 Å². The van der Waals surface area contributed by atoms with E-state index in [0.29, 0.717) is 12.2 Å². The summed E-state index contributed by atoms with van der Waals surface area (Å²) in [6, 6.07) is 10.7. The normalized spacial score (nSPS) is 19.5. The zero-order valence-corrected chi connectivity index (χ0v) is 18.5. The number of nitrogens with zero attached hydrogens (tertiary/aromatic N) is 1. The molecular formula is C23H28N4O3S. The Morgan fingerprint density at radius 2 is 1.94 bits per heavy atom. The van der Waals surface area contributed by atoms with Gasteiger partial charge in [-0.1, -0.05) is 6.07 Å². The quantitative estimate of drug-likeness (QED) is 0.484. The molecule has 1 saturated carbocycles. The van der Waals surface area contributed by atoms with Crippen LogP contribution < -0.4 is 10.5 Å². The van der Waals surface area contributed by atoms with E-state index in [4.69, 9.17) is 5.73 Å². The van der Waals surface area contributed by atoms with Crippen LogP contribution in [0, 0.1) is 13.8 Å². The first-order chi connectivity index (χ1) is 14.7. The lowest BCUT2D eigenvalue weighted by Crippen LogP contribution is -2.39. The Kier molecular flexibility index (Phi) is 5.88. The maximum atomic E-state index is 13.0. The van der Waals surface area contributed by atoms with Gasteiger partial charge < -0.3 is 15.8 Å². The first-order valence-electron chi connectivity index (χ1n) is 10.5. The molecule has 7 nitrogen and oxygen atoms in total. The maximum absolute atomic E-state index is 13.0. The minimum Gasteiger partial charge on any atom is -0.393 e. The number of nitrogens with two attached hydrogens (primary N) is 1. The third-order valence-corrected chi connectivity index (χ3v) is 7.36. The molecule has 1 aromatic carbocycles. The number of hydrogen-bond acceptors (Lipinski definition) is 5. The Labute approximate surface area is 182 Å². The minimum absolute atomic E-state index is 0.197. The third-order valence-electron chi connectivity index (χ3n) is 5.84. The van der Waals surface area contributed by atoms with Crippen molar-refractivity contribution in [3.8, 4) is 22.4 Å². The standard InChI is InChI=1S/C23H28N4O3S/c1-14-6-8-19(31(29,30)27-17-4-3-5-18(28)11-17)12-20(14)16-10-21(23(24)25-13-16)22-9-7-15(2)26-22/h6-10,12-13,17-18,26-28H,3-5,11H2,1-2H3,(H2,24,25)/t17-,18-/m0/s1. The van der Waals surface area contributed by atoms with Crippen molar-refractivity contribution in [2.45, 2.75) is 56.6 Å². The van der Waals surface area contributed by atoms with Crippen molar-refractivity contribution in [2.24, 2.45) is 0 Å². The first-order valence-corrected chi connectivity index (χ1v) is 11.9. The molecule has 0 unspecified atom stereocenters. The van der Waals surface area contributed by atoms with Gasteiger partial charge in [-0.2, -0.15) is 0 Å². The van der Waals surface area contributed by atoms with Crippen LogP contribution >= 0.6 is 0 Å². The number of nitrogen functional groups attached to an aromatic ring is 1. The van der Waals surface area contributed by atoms with Crippen molar-refractivity contribution >= 4 is 15.8 Å². The van der Waals surface area contributed by atoms with Crippen LogP contribution in [0.15, 0.2) is 47.5 Å². The molecule has 8 heteroatoms. The largest absolute Gasteiger partial charge is 0.393 e. The lowest BCUT2D eigenvalue weighted by Gasteiger charge is -2.26. The average Bonchev–Trinajstić information content (AvgIpc) is 3.14. The fourth-order valence-corrected chi connectivity index (χ4v) is 5.45. The Balaban J connectivity index is 1.68. The number of benzene rings is 1. The SMILES string of the molecule is Cc1ccc(-c2cc(-c3cc(S(=O)(=O)N[C@H]4CCC[C@H](O)C4)ccc3C)cnc2N)[nH]1.